The molecule has 0 aliphatic carbocycles. The average molecular weight is 333 g/mol. The number of carbonyl (C=O) groups excluding carboxylic acids is 1. The first-order chi connectivity index (χ1) is 12.2. The molecular weight excluding hydrogens is 321 g/mol. The fraction of sp³-hybridized carbons (Fsp3) is 0.111. The molecule has 1 aliphatic heterocycles. The summed E-state index contributed by atoms with van der Waals surface area (Å²) in [5.74, 6) is -1.16. The summed E-state index contributed by atoms with van der Waals surface area (Å²) in [5, 5.41) is 17.7. The number of hydrogen-bond donors (Lipinski definition) is 0. The lowest BCUT2D eigenvalue weighted by Crippen LogP contribution is -2.33. The molecule has 0 radical (unpaired) electrons. The van der Waals surface area contributed by atoms with E-state index >= 15 is 0 Å². The van der Waals surface area contributed by atoms with Crippen molar-refractivity contribution in [3.63, 3.8) is 0 Å². The molecule has 0 bridgehead atoms. The topological polar surface area (TPSA) is 74.8 Å². The molecule has 6 nitrogen and oxygen atoms in total. The van der Waals surface area contributed by atoms with Gasteiger partial charge in [-0.3, -0.25) is 4.79 Å². The molecule has 122 valence electrons. The fourth-order valence-corrected chi connectivity index (χ4v) is 3.03. The van der Waals surface area contributed by atoms with Crippen LogP contribution in [0.15, 0.2) is 54.7 Å². The SMILES string of the molecule is N#CC1c2ccccc2-n2nncc2CN1C(=O)c1ccccc1F. The van der Waals surface area contributed by atoms with E-state index in [4.69, 9.17) is 0 Å². The molecule has 7 heteroatoms. The summed E-state index contributed by atoms with van der Waals surface area (Å²) in [7, 11) is 0. The number of hydrogen-bond acceptors (Lipinski definition) is 4. The van der Waals surface area contributed by atoms with Crippen molar-refractivity contribution in [2.45, 2.75) is 12.6 Å². The van der Waals surface area contributed by atoms with Gasteiger partial charge in [-0.2, -0.15) is 5.26 Å². The van der Waals surface area contributed by atoms with Crippen molar-refractivity contribution < 1.29 is 9.18 Å². The van der Waals surface area contributed by atoms with Gasteiger partial charge in [-0.1, -0.05) is 35.5 Å². The maximum Gasteiger partial charge on any atom is 0.258 e. The highest BCUT2D eigenvalue weighted by Crippen LogP contribution is 2.32. The molecular formula is C18H12FN5O. The highest BCUT2D eigenvalue weighted by atomic mass is 19.1. The van der Waals surface area contributed by atoms with Crippen LogP contribution in [0.4, 0.5) is 4.39 Å². The molecule has 1 atom stereocenters. The van der Waals surface area contributed by atoms with E-state index in [1.54, 1.807) is 22.9 Å². The predicted molar refractivity (Wildman–Crippen MR) is 86.0 cm³/mol. The van der Waals surface area contributed by atoms with Gasteiger partial charge in [0.25, 0.3) is 5.91 Å². The highest BCUT2D eigenvalue weighted by Gasteiger charge is 2.33. The summed E-state index contributed by atoms with van der Waals surface area (Å²) in [6.07, 6.45) is 1.54. The number of para-hydroxylation sites is 1. The van der Waals surface area contributed by atoms with E-state index in [2.05, 4.69) is 16.4 Å². The number of halogens is 1. The number of rotatable bonds is 1. The van der Waals surface area contributed by atoms with E-state index in [-0.39, 0.29) is 12.1 Å². The Balaban J connectivity index is 1.89. The molecule has 0 N–H and O–H groups in total. The van der Waals surface area contributed by atoms with Crippen LogP contribution in [0, 0.1) is 17.1 Å². The minimum Gasteiger partial charge on any atom is -0.312 e. The number of aromatic nitrogens is 3. The molecule has 1 unspecified atom stereocenters. The van der Waals surface area contributed by atoms with Gasteiger partial charge in [0.2, 0.25) is 0 Å². The molecule has 0 spiro atoms. The zero-order valence-electron chi connectivity index (χ0n) is 13.0. The summed E-state index contributed by atoms with van der Waals surface area (Å²) in [6, 6.07) is 14.3. The standard InChI is InChI=1S/C18H12FN5O/c19-15-7-3-1-5-13(15)18(25)23-11-12-10-21-22-24(12)16-8-4-2-6-14(16)17(23)9-20/h1-8,10,17H,11H2. The van der Waals surface area contributed by atoms with Gasteiger partial charge in [-0.25, -0.2) is 9.07 Å². The number of carbonyl (C=O) groups is 1. The van der Waals surface area contributed by atoms with Crippen molar-refractivity contribution in [3.05, 3.63) is 77.4 Å². The van der Waals surface area contributed by atoms with Crippen LogP contribution in [0.2, 0.25) is 0 Å². The molecule has 1 aromatic heterocycles. The van der Waals surface area contributed by atoms with Crippen molar-refractivity contribution in [3.8, 4) is 11.8 Å². The van der Waals surface area contributed by atoms with Gasteiger partial charge in [-0.15, -0.1) is 5.10 Å². The number of nitriles is 1. The van der Waals surface area contributed by atoms with E-state index in [9.17, 15) is 14.4 Å². The minimum absolute atomic E-state index is 0.0684. The molecule has 3 aromatic rings. The van der Waals surface area contributed by atoms with Crippen molar-refractivity contribution in [1.82, 2.24) is 19.9 Å². The monoisotopic (exact) mass is 333 g/mol. The Labute approximate surface area is 142 Å². The highest BCUT2D eigenvalue weighted by molar-refractivity contribution is 5.95. The Hall–Kier alpha value is -3.53. The van der Waals surface area contributed by atoms with Crippen LogP contribution in [0.25, 0.3) is 5.69 Å². The van der Waals surface area contributed by atoms with Crippen molar-refractivity contribution in [2.75, 3.05) is 0 Å². The van der Waals surface area contributed by atoms with Crippen LogP contribution in [-0.4, -0.2) is 25.8 Å². The summed E-state index contributed by atoms with van der Waals surface area (Å²) in [5.41, 5.74) is 1.89. The maximum atomic E-state index is 14.1. The van der Waals surface area contributed by atoms with Gasteiger partial charge in [0.1, 0.15) is 11.9 Å². The molecule has 2 heterocycles. The molecule has 0 saturated heterocycles. The summed E-state index contributed by atoms with van der Waals surface area (Å²) >= 11 is 0. The average Bonchev–Trinajstić information content (AvgIpc) is 3.05. The van der Waals surface area contributed by atoms with Crippen LogP contribution in [0.3, 0.4) is 0 Å². The van der Waals surface area contributed by atoms with Gasteiger partial charge in [0.15, 0.2) is 0 Å². The molecule has 1 aliphatic rings. The maximum absolute atomic E-state index is 14.1. The number of benzene rings is 2. The summed E-state index contributed by atoms with van der Waals surface area (Å²) in [6.45, 7) is 0.104. The molecule has 4 rings (SSSR count). The lowest BCUT2D eigenvalue weighted by atomic mass is 10.0. The van der Waals surface area contributed by atoms with Crippen LogP contribution in [-0.2, 0) is 6.54 Å². The smallest absolute Gasteiger partial charge is 0.258 e. The first kappa shape index (κ1) is 15.0. The Morgan fingerprint density at radius 2 is 1.96 bits per heavy atom. The number of amides is 1. The third-order valence-corrected chi connectivity index (χ3v) is 4.21. The van der Waals surface area contributed by atoms with Crippen LogP contribution < -0.4 is 0 Å². The quantitative estimate of drug-likeness (QED) is 0.686. The zero-order chi connectivity index (χ0) is 17.4. The molecule has 2 aromatic carbocycles. The van der Waals surface area contributed by atoms with E-state index < -0.39 is 17.8 Å². The summed E-state index contributed by atoms with van der Waals surface area (Å²) in [4.78, 5) is 14.3. The van der Waals surface area contributed by atoms with E-state index in [0.29, 0.717) is 16.9 Å². The Kier molecular flexibility index (Phi) is 3.51. The third-order valence-electron chi connectivity index (χ3n) is 4.21. The predicted octanol–water partition coefficient (Wildman–Crippen LogP) is 2.63. The Morgan fingerprint density at radius 1 is 1.20 bits per heavy atom. The normalized spacial score (nSPS) is 15.7. The summed E-state index contributed by atoms with van der Waals surface area (Å²) < 4.78 is 15.7. The third kappa shape index (κ3) is 2.35. The second-order valence-corrected chi connectivity index (χ2v) is 5.64. The molecule has 0 fully saturated rings. The van der Waals surface area contributed by atoms with Crippen molar-refractivity contribution in [2.24, 2.45) is 0 Å². The van der Waals surface area contributed by atoms with Gasteiger partial charge < -0.3 is 4.90 Å². The lowest BCUT2D eigenvalue weighted by Gasteiger charge is -2.25. The Bertz CT molecular complexity index is 1010. The van der Waals surface area contributed by atoms with Crippen LogP contribution in [0.5, 0.6) is 0 Å². The molecule has 1 amide bonds. The number of fused-ring (bicyclic) bond motifs is 3. The zero-order valence-corrected chi connectivity index (χ0v) is 13.0. The van der Waals surface area contributed by atoms with Gasteiger partial charge in [-0.05, 0) is 18.2 Å². The first-order valence-corrected chi connectivity index (χ1v) is 7.64. The van der Waals surface area contributed by atoms with Gasteiger partial charge in [0, 0.05) is 5.56 Å². The largest absolute Gasteiger partial charge is 0.312 e. The fourth-order valence-electron chi connectivity index (χ4n) is 3.03. The van der Waals surface area contributed by atoms with Crippen LogP contribution >= 0.6 is 0 Å². The second kappa shape index (κ2) is 5.83. The Morgan fingerprint density at radius 3 is 2.76 bits per heavy atom. The van der Waals surface area contributed by atoms with Crippen molar-refractivity contribution in [1.29, 1.82) is 5.26 Å². The van der Waals surface area contributed by atoms with Gasteiger partial charge in [0.05, 0.1) is 35.8 Å². The first-order valence-electron chi connectivity index (χ1n) is 7.64. The van der Waals surface area contributed by atoms with E-state index in [1.165, 1.54) is 29.3 Å². The van der Waals surface area contributed by atoms with Crippen molar-refractivity contribution >= 4 is 5.91 Å². The molecule has 0 saturated carbocycles. The van der Waals surface area contributed by atoms with Crippen LogP contribution in [0.1, 0.15) is 27.7 Å². The van der Waals surface area contributed by atoms with Gasteiger partial charge >= 0.3 is 0 Å². The van der Waals surface area contributed by atoms with E-state index in [1.807, 2.05) is 12.1 Å². The lowest BCUT2D eigenvalue weighted by molar-refractivity contribution is 0.0697. The minimum atomic E-state index is -0.856. The number of nitrogens with zero attached hydrogens (tertiary/aromatic N) is 5. The molecule has 25 heavy (non-hydrogen) atoms. The second-order valence-electron chi connectivity index (χ2n) is 5.64. The van der Waals surface area contributed by atoms with E-state index in [0.717, 1.165) is 0 Å².